The Hall–Kier alpha value is -1.20. The maximum atomic E-state index is 12.0. The largest absolute Gasteiger partial charge is 0.435 e. The van der Waals surface area contributed by atoms with Crippen molar-refractivity contribution in [1.82, 2.24) is 5.48 Å². The molecule has 1 unspecified atom stereocenters. The summed E-state index contributed by atoms with van der Waals surface area (Å²) in [6.45, 7) is -0.684. The number of nitrogens with one attached hydrogen (secondary N) is 1. The molecular formula is C16H23F2NO2. The molecule has 0 radical (unpaired) electrons. The van der Waals surface area contributed by atoms with Crippen molar-refractivity contribution in [2.75, 3.05) is 0 Å². The second-order valence-electron chi connectivity index (χ2n) is 5.60. The zero-order valence-corrected chi connectivity index (χ0v) is 12.4. The van der Waals surface area contributed by atoms with Gasteiger partial charge in [0, 0.05) is 6.04 Å². The molecule has 0 saturated heterocycles. The molecule has 1 saturated carbocycles. The Morgan fingerprint density at radius 3 is 2.48 bits per heavy atom. The Bertz CT molecular complexity index is 405. The average Bonchev–Trinajstić information content (AvgIpc) is 2.97. The van der Waals surface area contributed by atoms with Crippen LogP contribution in [0.15, 0.2) is 24.3 Å². The minimum atomic E-state index is -2.77. The van der Waals surface area contributed by atoms with Gasteiger partial charge in [0.25, 0.3) is 0 Å². The second kappa shape index (κ2) is 8.29. The summed E-state index contributed by atoms with van der Waals surface area (Å²) in [6.07, 6.45) is 6.97. The van der Waals surface area contributed by atoms with Crippen molar-refractivity contribution in [2.24, 2.45) is 0 Å². The van der Waals surface area contributed by atoms with Gasteiger partial charge in [0.15, 0.2) is 0 Å². The van der Waals surface area contributed by atoms with Crippen LogP contribution in [0, 0.1) is 0 Å². The molecule has 2 rings (SSSR count). The van der Waals surface area contributed by atoms with Gasteiger partial charge in [-0.3, -0.25) is 4.84 Å². The number of aryl methyl sites for hydroxylation is 1. The fraction of sp³-hybridized carbons (Fsp3) is 0.625. The van der Waals surface area contributed by atoms with Crippen LogP contribution in [0.4, 0.5) is 8.78 Å². The first kappa shape index (κ1) is 16.2. The molecule has 0 heterocycles. The molecule has 5 heteroatoms. The number of alkyl halides is 2. The van der Waals surface area contributed by atoms with Gasteiger partial charge < -0.3 is 4.74 Å². The fourth-order valence-corrected chi connectivity index (χ4v) is 2.50. The van der Waals surface area contributed by atoms with Crippen LogP contribution in [0.3, 0.4) is 0 Å². The van der Waals surface area contributed by atoms with E-state index in [4.69, 9.17) is 4.84 Å². The lowest BCUT2D eigenvalue weighted by Gasteiger charge is -2.17. The number of ether oxygens (including phenoxy) is 1. The van der Waals surface area contributed by atoms with E-state index in [1.165, 1.54) is 12.8 Å². The highest BCUT2D eigenvalue weighted by Gasteiger charge is 2.16. The molecule has 0 spiro atoms. The maximum Gasteiger partial charge on any atom is 0.387 e. The lowest BCUT2D eigenvalue weighted by Crippen LogP contribution is -2.30. The summed E-state index contributed by atoms with van der Waals surface area (Å²) in [7, 11) is 0. The Labute approximate surface area is 124 Å². The van der Waals surface area contributed by atoms with Gasteiger partial charge in [-0.25, -0.2) is 0 Å². The third-order valence-electron chi connectivity index (χ3n) is 3.75. The summed E-state index contributed by atoms with van der Waals surface area (Å²) in [4.78, 5) is 5.66. The summed E-state index contributed by atoms with van der Waals surface area (Å²) in [6, 6.07) is 7.07. The standard InChI is InChI=1S/C16H23F2NO2/c1-12(19-21-15-4-2-3-5-15)6-7-13-8-10-14(11-9-13)20-16(17)18/h8-12,15-16,19H,2-7H2,1H3. The highest BCUT2D eigenvalue weighted by molar-refractivity contribution is 5.27. The van der Waals surface area contributed by atoms with Gasteiger partial charge in [-0.2, -0.15) is 14.3 Å². The summed E-state index contributed by atoms with van der Waals surface area (Å²) in [5.74, 6) is 0.199. The molecule has 0 bridgehead atoms. The van der Waals surface area contributed by atoms with Gasteiger partial charge >= 0.3 is 6.61 Å². The topological polar surface area (TPSA) is 30.5 Å². The van der Waals surface area contributed by atoms with Gasteiger partial charge in [-0.15, -0.1) is 0 Å². The highest BCUT2D eigenvalue weighted by Crippen LogP contribution is 2.20. The monoisotopic (exact) mass is 299 g/mol. The molecule has 0 amide bonds. The zero-order chi connectivity index (χ0) is 15.1. The highest BCUT2D eigenvalue weighted by atomic mass is 19.3. The van der Waals surface area contributed by atoms with E-state index in [-0.39, 0.29) is 11.8 Å². The van der Waals surface area contributed by atoms with Crippen molar-refractivity contribution in [3.05, 3.63) is 29.8 Å². The van der Waals surface area contributed by atoms with E-state index in [1.807, 2.05) is 12.1 Å². The number of hydrogen-bond donors (Lipinski definition) is 1. The van der Waals surface area contributed by atoms with E-state index in [2.05, 4.69) is 17.1 Å². The van der Waals surface area contributed by atoms with Gasteiger partial charge in [0.2, 0.25) is 0 Å². The molecule has 1 atom stereocenters. The molecular weight excluding hydrogens is 276 g/mol. The molecule has 3 nitrogen and oxygen atoms in total. The molecule has 1 N–H and O–H groups in total. The van der Waals surface area contributed by atoms with Gasteiger partial charge in [-0.05, 0) is 50.3 Å². The summed E-state index contributed by atoms with van der Waals surface area (Å²) in [5, 5.41) is 0. The van der Waals surface area contributed by atoms with Crippen molar-refractivity contribution in [2.45, 2.75) is 64.2 Å². The third-order valence-corrected chi connectivity index (χ3v) is 3.75. The van der Waals surface area contributed by atoms with Crippen LogP contribution in [-0.4, -0.2) is 18.8 Å². The van der Waals surface area contributed by atoms with E-state index in [9.17, 15) is 8.78 Å². The molecule has 0 aromatic heterocycles. The van der Waals surface area contributed by atoms with Crippen LogP contribution in [0.5, 0.6) is 5.75 Å². The van der Waals surface area contributed by atoms with Crippen LogP contribution in [0.25, 0.3) is 0 Å². The van der Waals surface area contributed by atoms with Crippen LogP contribution in [0.1, 0.15) is 44.6 Å². The lowest BCUT2D eigenvalue weighted by atomic mass is 10.1. The molecule has 1 aromatic rings. The van der Waals surface area contributed by atoms with Crippen molar-refractivity contribution in [3.63, 3.8) is 0 Å². The summed E-state index contributed by atoms with van der Waals surface area (Å²) >= 11 is 0. The first-order valence-electron chi connectivity index (χ1n) is 7.58. The number of benzene rings is 1. The summed E-state index contributed by atoms with van der Waals surface area (Å²) < 4.78 is 28.4. The first-order valence-corrected chi connectivity index (χ1v) is 7.58. The lowest BCUT2D eigenvalue weighted by molar-refractivity contribution is -0.0498. The van der Waals surface area contributed by atoms with Gasteiger partial charge in [0.05, 0.1) is 6.10 Å². The first-order chi connectivity index (χ1) is 10.1. The Morgan fingerprint density at radius 1 is 1.19 bits per heavy atom. The molecule has 21 heavy (non-hydrogen) atoms. The van der Waals surface area contributed by atoms with Gasteiger partial charge in [0.1, 0.15) is 5.75 Å². The molecule has 1 aliphatic carbocycles. The van der Waals surface area contributed by atoms with E-state index in [0.717, 1.165) is 31.2 Å². The number of halogens is 2. The van der Waals surface area contributed by atoms with E-state index >= 15 is 0 Å². The van der Waals surface area contributed by atoms with E-state index < -0.39 is 6.61 Å². The predicted octanol–water partition coefficient (Wildman–Crippen LogP) is 4.07. The molecule has 1 aromatic carbocycles. The Kier molecular flexibility index (Phi) is 6.39. The van der Waals surface area contributed by atoms with Crippen LogP contribution in [-0.2, 0) is 11.3 Å². The molecule has 118 valence electrons. The van der Waals surface area contributed by atoms with E-state index in [1.54, 1.807) is 12.1 Å². The minimum absolute atomic E-state index is 0.199. The fourth-order valence-electron chi connectivity index (χ4n) is 2.50. The van der Waals surface area contributed by atoms with Crippen LogP contribution < -0.4 is 10.2 Å². The van der Waals surface area contributed by atoms with Crippen molar-refractivity contribution in [3.8, 4) is 5.75 Å². The Morgan fingerprint density at radius 2 is 1.86 bits per heavy atom. The van der Waals surface area contributed by atoms with Crippen LogP contribution in [0.2, 0.25) is 0 Å². The molecule has 0 aliphatic heterocycles. The summed E-state index contributed by atoms with van der Waals surface area (Å²) in [5.41, 5.74) is 4.21. The normalized spacial score (nSPS) is 17.3. The zero-order valence-electron chi connectivity index (χ0n) is 12.4. The van der Waals surface area contributed by atoms with Crippen molar-refractivity contribution >= 4 is 0 Å². The van der Waals surface area contributed by atoms with Crippen molar-refractivity contribution < 1.29 is 18.4 Å². The third kappa shape index (κ3) is 5.98. The average molecular weight is 299 g/mol. The molecule has 1 fully saturated rings. The quantitative estimate of drug-likeness (QED) is 0.734. The smallest absolute Gasteiger partial charge is 0.387 e. The number of rotatable bonds is 8. The van der Waals surface area contributed by atoms with Crippen LogP contribution >= 0.6 is 0 Å². The van der Waals surface area contributed by atoms with Gasteiger partial charge in [-0.1, -0.05) is 25.0 Å². The van der Waals surface area contributed by atoms with E-state index in [0.29, 0.717) is 6.10 Å². The predicted molar refractivity (Wildman–Crippen MR) is 77.3 cm³/mol. The SMILES string of the molecule is CC(CCc1ccc(OC(F)F)cc1)NOC1CCCC1. The Balaban J connectivity index is 1.66. The van der Waals surface area contributed by atoms with Crippen molar-refractivity contribution in [1.29, 1.82) is 0 Å². The molecule has 1 aliphatic rings. The number of hydroxylamine groups is 1. The number of hydrogen-bond acceptors (Lipinski definition) is 3. The minimum Gasteiger partial charge on any atom is -0.435 e. The second-order valence-corrected chi connectivity index (χ2v) is 5.60. The maximum absolute atomic E-state index is 12.0.